The molecule has 0 aliphatic heterocycles. The predicted octanol–water partition coefficient (Wildman–Crippen LogP) is 21.6. The Morgan fingerprint density at radius 2 is 0.493 bits per heavy atom. The van der Waals surface area contributed by atoms with Crippen LogP contribution in [0.1, 0.15) is 369 Å². The summed E-state index contributed by atoms with van der Waals surface area (Å²) in [4.78, 5) is 38.3. The highest BCUT2D eigenvalue weighted by Gasteiger charge is 2.19. The summed E-state index contributed by atoms with van der Waals surface area (Å²) in [5, 5.41) is 0. The Morgan fingerprint density at radius 3 is 0.732 bits per heavy atom. The van der Waals surface area contributed by atoms with Crippen LogP contribution < -0.4 is 0 Å². The summed E-state index contributed by atoms with van der Waals surface area (Å²) in [7, 11) is 0. The van der Waals surface area contributed by atoms with Gasteiger partial charge in [-0.3, -0.25) is 14.4 Å². The van der Waals surface area contributed by atoms with Gasteiger partial charge in [-0.2, -0.15) is 0 Å². The number of carbonyl (C=O) groups excluding carboxylic acids is 3. The van der Waals surface area contributed by atoms with E-state index >= 15 is 0 Å². The molecule has 0 aromatic rings. The molecule has 0 rings (SSSR count). The van der Waals surface area contributed by atoms with Crippen LogP contribution in [-0.2, 0) is 28.6 Å². The molecule has 0 amide bonds. The summed E-state index contributed by atoms with van der Waals surface area (Å²) in [5.41, 5.74) is 0. The molecule has 0 spiro atoms. The molecule has 0 aliphatic rings. The minimum atomic E-state index is -0.763. The van der Waals surface area contributed by atoms with Gasteiger partial charge in [0.2, 0.25) is 0 Å². The molecule has 0 fully saturated rings. The van der Waals surface area contributed by atoms with Crippen molar-refractivity contribution in [1.82, 2.24) is 0 Å². The number of ether oxygens (including phenoxy) is 3. The Morgan fingerprint density at radius 1 is 0.282 bits per heavy atom. The summed E-state index contributed by atoms with van der Waals surface area (Å²) in [6.07, 6.45) is 63.8. The third-order valence-electron chi connectivity index (χ3n) is 15.7. The van der Waals surface area contributed by atoms with Crippen LogP contribution in [-0.4, -0.2) is 37.2 Å². The summed E-state index contributed by atoms with van der Waals surface area (Å²) >= 11 is 0. The minimum Gasteiger partial charge on any atom is -0.462 e. The summed E-state index contributed by atoms with van der Waals surface area (Å²) in [6, 6.07) is 0. The van der Waals surface area contributed by atoms with Crippen molar-refractivity contribution in [3.8, 4) is 0 Å². The average Bonchev–Trinajstić information content (AvgIpc) is 3.37. The van der Waals surface area contributed by atoms with Crippen molar-refractivity contribution in [1.29, 1.82) is 0 Å². The maximum absolute atomic E-state index is 12.9. The summed E-state index contributed by atoms with van der Waals surface area (Å²) in [6.45, 7) is 11.5. The Hall–Kier alpha value is -1.59. The lowest BCUT2D eigenvalue weighted by Crippen LogP contribution is -2.30. The monoisotopic (exact) mass is 1000 g/mol. The van der Waals surface area contributed by atoms with Gasteiger partial charge in [-0.15, -0.1) is 0 Å². The highest BCUT2D eigenvalue weighted by Crippen LogP contribution is 2.20. The molecule has 0 aromatic carbocycles. The van der Waals surface area contributed by atoms with Gasteiger partial charge in [0.25, 0.3) is 0 Å². The van der Waals surface area contributed by atoms with Gasteiger partial charge in [0, 0.05) is 19.3 Å². The van der Waals surface area contributed by atoms with Crippen LogP contribution >= 0.6 is 0 Å². The fraction of sp³-hybridized carbons (Fsp3) is 0.954. The van der Waals surface area contributed by atoms with Gasteiger partial charge < -0.3 is 14.2 Å². The van der Waals surface area contributed by atoms with Crippen LogP contribution in [0.25, 0.3) is 0 Å². The lowest BCUT2D eigenvalue weighted by Gasteiger charge is -2.18. The highest BCUT2D eigenvalue weighted by atomic mass is 16.6. The average molecular weight is 1000 g/mol. The van der Waals surface area contributed by atoms with E-state index in [1.807, 2.05) is 0 Å². The van der Waals surface area contributed by atoms with E-state index in [4.69, 9.17) is 14.2 Å². The molecular weight excluding hydrogens is 877 g/mol. The molecule has 3 atom stereocenters. The van der Waals surface area contributed by atoms with Crippen molar-refractivity contribution in [2.24, 2.45) is 11.8 Å². The normalized spacial score (nSPS) is 12.8. The number of unbranched alkanes of at least 4 members (excludes halogenated alkanes) is 42. The number of hydrogen-bond donors (Lipinski definition) is 0. The van der Waals surface area contributed by atoms with Crippen molar-refractivity contribution in [3.63, 3.8) is 0 Å². The third kappa shape index (κ3) is 56.0. The molecule has 0 bridgehead atoms. The molecule has 0 N–H and O–H groups in total. The standard InChI is InChI=1S/C65H126O6/c1-6-9-10-11-12-13-14-23-32-37-42-47-52-57-65(68)71-62(59-70-64(67)56-51-46-41-36-31-27-22-21-25-29-34-39-44-49-54-61(5)8-3)58-69-63(66)55-50-45-40-35-30-26-20-18-16-15-17-19-24-28-33-38-43-48-53-60(4)7-2/h60-62H,6-59H2,1-5H3/t60?,61?,62-/m0/s1. The SMILES string of the molecule is CCCCCCCCCCCCCCCC(=O)O[C@@H](COC(=O)CCCCCCCCCCCCCCCCCCCCC(C)CC)COC(=O)CCCCCCCCCCCCCCCCC(C)CC. The van der Waals surface area contributed by atoms with Crippen LogP contribution in [0.4, 0.5) is 0 Å². The quantitative estimate of drug-likeness (QED) is 0.0343. The van der Waals surface area contributed by atoms with Gasteiger partial charge in [0.1, 0.15) is 13.2 Å². The van der Waals surface area contributed by atoms with E-state index in [1.165, 1.54) is 257 Å². The summed E-state index contributed by atoms with van der Waals surface area (Å²) < 4.78 is 17.0. The fourth-order valence-corrected chi connectivity index (χ4v) is 10.0. The number of carbonyl (C=O) groups is 3. The second-order valence-corrected chi connectivity index (χ2v) is 22.9. The molecule has 2 unspecified atom stereocenters. The zero-order valence-corrected chi connectivity index (χ0v) is 48.9. The Bertz CT molecular complexity index is 1090. The molecule has 6 nitrogen and oxygen atoms in total. The molecule has 6 heteroatoms. The predicted molar refractivity (Wildman–Crippen MR) is 307 cm³/mol. The lowest BCUT2D eigenvalue weighted by atomic mass is 9.99. The highest BCUT2D eigenvalue weighted by molar-refractivity contribution is 5.71. The Balaban J connectivity index is 4.23. The molecule has 0 aliphatic carbocycles. The van der Waals surface area contributed by atoms with Gasteiger partial charge in [0.15, 0.2) is 6.10 Å². The van der Waals surface area contributed by atoms with E-state index in [-0.39, 0.29) is 31.1 Å². The fourth-order valence-electron chi connectivity index (χ4n) is 10.0. The molecule has 0 saturated heterocycles. The van der Waals surface area contributed by atoms with E-state index in [1.54, 1.807) is 0 Å². The molecule has 422 valence electrons. The van der Waals surface area contributed by atoms with Crippen LogP contribution in [0.2, 0.25) is 0 Å². The van der Waals surface area contributed by atoms with Crippen molar-refractivity contribution >= 4 is 17.9 Å². The second-order valence-electron chi connectivity index (χ2n) is 22.9. The largest absolute Gasteiger partial charge is 0.462 e. The first kappa shape index (κ1) is 69.4. The first-order chi connectivity index (χ1) is 34.8. The molecule has 0 aromatic heterocycles. The first-order valence-corrected chi connectivity index (χ1v) is 32.3. The van der Waals surface area contributed by atoms with Gasteiger partial charge in [-0.1, -0.05) is 330 Å². The van der Waals surface area contributed by atoms with Crippen LogP contribution in [0.3, 0.4) is 0 Å². The van der Waals surface area contributed by atoms with E-state index in [0.717, 1.165) is 69.6 Å². The zero-order valence-electron chi connectivity index (χ0n) is 48.9. The van der Waals surface area contributed by atoms with E-state index in [0.29, 0.717) is 19.3 Å². The van der Waals surface area contributed by atoms with E-state index in [9.17, 15) is 14.4 Å². The molecule has 0 saturated carbocycles. The molecule has 0 radical (unpaired) electrons. The van der Waals surface area contributed by atoms with Gasteiger partial charge in [0.05, 0.1) is 0 Å². The zero-order chi connectivity index (χ0) is 51.8. The molecule has 0 heterocycles. The van der Waals surface area contributed by atoms with Crippen molar-refractivity contribution in [2.45, 2.75) is 375 Å². The van der Waals surface area contributed by atoms with E-state index < -0.39 is 6.10 Å². The van der Waals surface area contributed by atoms with E-state index in [2.05, 4.69) is 34.6 Å². The topological polar surface area (TPSA) is 78.9 Å². The van der Waals surface area contributed by atoms with Crippen molar-refractivity contribution in [2.75, 3.05) is 13.2 Å². The maximum Gasteiger partial charge on any atom is 0.306 e. The molecule has 71 heavy (non-hydrogen) atoms. The maximum atomic E-state index is 12.9. The first-order valence-electron chi connectivity index (χ1n) is 32.3. The third-order valence-corrected chi connectivity index (χ3v) is 15.7. The van der Waals surface area contributed by atoms with Gasteiger partial charge in [-0.25, -0.2) is 0 Å². The van der Waals surface area contributed by atoms with Crippen LogP contribution in [0, 0.1) is 11.8 Å². The van der Waals surface area contributed by atoms with Gasteiger partial charge >= 0.3 is 17.9 Å². The number of hydrogen-bond acceptors (Lipinski definition) is 6. The van der Waals surface area contributed by atoms with Crippen molar-refractivity contribution in [3.05, 3.63) is 0 Å². The smallest absolute Gasteiger partial charge is 0.306 e. The molecular formula is C65H126O6. The lowest BCUT2D eigenvalue weighted by molar-refractivity contribution is -0.167. The number of rotatable bonds is 59. The van der Waals surface area contributed by atoms with Crippen LogP contribution in [0.5, 0.6) is 0 Å². The minimum absolute atomic E-state index is 0.0618. The summed E-state index contributed by atoms with van der Waals surface area (Å²) in [5.74, 6) is 0.975. The van der Waals surface area contributed by atoms with Crippen molar-refractivity contribution < 1.29 is 28.6 Å². The Labute approximate surface area is 444 Å². The Kier molecular flexibility index (Phi) is 56.4. The second kappa shape index (κ2) is 57.7. The van der Waals surface area contributed by atoms with Crippen LogP contribution in [0.15, 0.2) is 0 Å². The van der Waals surface area contributed by atoms with Gasteiger partial charge in [-0.05, 0) is 31.1 Å². The number of esters is 3.